The van der Waals surface area contributed by atoms with Crippen LogP contribution in [0, 0.1) is 5.92 Å². The maximum atomic E-state index is 3.51. The number of hydrogen-bond donors (Lipinski definition) is 2. The second-order valence-corrected chi connectivity index (χ2v) is 7.09. The Kier molecular flexibility index (Phi) is 6.58. The van der Waals surface area contributed by atoms with Gasteiger partial charge in [0, 0.05) is 24.0 Å². The Morgan fingerprint density at radius 1 is 1.25 bits per heavy atom. The summed E-state index contributed by atoms with van der Waals surface area (Å²) in [5.41, 5.74) is 0. The quantitative estimate of drug-likeness (QED) is 0.808. The van der Waals surface area contributed by atoms with Gasteiger partial charge in [0.25, 0.3) is 0 Å². The molecule has 1 aromatic heterocycles. The normalized spacial score (nSPS) is 13.3. The van der Waals surface area contributed by atoms with E-state index in [9.17, 15) is 0 Å². The molecular weight excluding hydrogens is 284 g/mol. The van der Waals surface area contributed by atoms with Crippen molar-refractivity contribution in [1.29, 1.82) is 0 Å². The van der Waals surface area contributed by atoms with Crippen molar-refractivity contribution in [2.75, 3.05) is 13.1 Å². The summed E-state index contributed by atoms with van der Waals surface area (Å²) in [5, 5.41) is 6.97. The maximum Gasteiger partial charge on any atom is 0.0701 e. The lowest BCUT2D eigenvalue weighted by Gasteiger charge is -2.15. The lowest BCUT2D eigenvalue weighted by molar-refractivity contribution is 0.473. The third-order valence-electron chi connectivity index (χ3n) is 2.26. The minimum absolute atomic E-state index is 0.514. The standard InChI is InChI=1S/C12H21BrN2S/c1-9(2)6-14-7-10(3)15-8-11-4-5-12(13)16-11/h4-5,9-10,14-15H,6-8H2,1-3H3. The van der Waals surface area contributed by atoms with E-state index in [1.807, 2.05) is 0 Å². The van der Waals surface area contributed by atoms with Crippen molar-refractivity contribution < 1.29 is 0 Å². The molecule has 0 aliphatic rings. The zero-order valence-corrected chi connectivity index (χ0v) is 12.6. The van der Waals surface area contributed by atoms with Gasteiger partial charge < -0.3 is 10.6 Å². The second-order valence-electron chi connectivity index (χ2n) is 4.54. The molecule has 1 heterocycles. The van der Waals surface area contributed by atoms with Crippen LogP contribution < -0.4 is 10.6 Å². The van der Waals surface area contributed by atoms with Gasteiger partial charge in [-0.15, -0.1) is 11.3 Å². The molecule has 92 valence electrons. The highest BCUT2D eigenvalue weighted by atomic mass is 79.9. The van der Waals surface area contributed by atoms with Crippen molar-refractivity contribution in [1.82, 2.24) is 10.6 Å². The number of rotatable bonds is 7. The van der Waals surface area contributed by atoms with E-state index in [-0.39, 0.29) is 0 Å². The third-order valence-corrected chi connectivity index (χ3v) is 3.88. The Bertz CT molecular complexity index is 299. The summed E-state index contributed by atoms with van der Waals surface area (Å²) in [5.74, 6) is 0.723. The zero-order valence-electron chi connectivity index (χ0n) is 10.2. The molecule has 0 amide bonds. The summed E-state index contributed by atoms with van der Waals surface area (Å²) < 4.78 is 1.20. The van der Waals surface area contributed by atoms with Gasteiger partial charge in [-0.2, -0.15) is 0 Å². The summed E-state index contributed by atoms with van der Waals surface area (Å²) in [4.78, 5) is 1.38. The van der Waals surface area contributed by atoms with Gasteiger partial charge >= 0.3 is 0 Å². The molecule has 2 N–H and O–H groups in total. The fourth-order valence-electron chi connectivity index (χ4n) is 1.38. The molecule has 16 heavy (non-hydrogen) atoms. The molecule has 0 aromatic carbocycles. The largest absolute Gasteiger partial charge is 0.315 e. The van der Waals surface area contributed by atoms with Crippen molar-refractivity contribution in [3.63, 3.8) is 0 Å². The Labute approximate surface area is 111 Å². The molecule has 4 heteroatoms. The van der Waals surface area contributed by atoms with Crippen LogP contribution in [0.15, 0.2) is 15.9 Å². The van der Waals surface area contributed by atoms with Gasteiger partial charge in [0.15, 0.2) is 0 Å². The maximum absolute atomic E-state index is 3.51. The summed E-state index contributed by atoms with van der Waals surface area (Å²) in [6.07, 6.45) is 0. The molecule has 0 saturated heterocycles. The van der Waals surface area contributed by atoms with Gasteiger partial charge in [0.2, 0.25) is 0 Å². The molecule has 0 spiro atoms. The first-order chi connectivity index (χ1) is 7.58. The first-order valence-electron chi connectivity index (χ1n) is 5.76. The van der Waals surface area contributed by atoms with Crippen molar-refractivity contribution >= 4 is 27.3 Å². The van der Waals surface area contributed by atoms with Gasteiger partial charge in [-0.3, -0.25) is 0 Å². The van der Waals surface area contributed by atoms with Crippen LogP contribution in [0.3, 0.4) is 0 Å². The molecule has 1 atom stereocenters. The van der Waals surface area contributed by atoms with Crippen molar-refractivity contribution in [2.45, 2.75) is 33.4 Å². The van der Waals surface area contributed by atoms with Gasteiger partial charge in [-0.1, -0.05) is 13.8 Å². The van der Waals surface area contributed by atoms with Crippen molar-refractivity contribution in [3.8, 4) is 0 Å². The Hall–Kier alpha value is 0.1000. The lowest BCUT2D eigenvalue weighted by atomic mass is 10.2. The predicted octanol–water partition coefficient (Wildman–Crippen LogP) is 3.23. The molecule has 1 aromatic rings. The number of halogens is 1. The van der Waals surface area contributed by atoms with Crippen molar-refractivity contribution in [3.05, 3.63) is 20.8 Å². The minimum atomic E-state index is 0.514. The van der Waals surface area contributed by atoms with Gasteiger partial charge in [-0.25, -0.2) is 0 Å². The van der Waals surface area contributed by atoms with Crippen LogP contribution in [0.1, 0.15) is 25.6 Å². The summed E-state index contributed by atoms with van der Waals surface area (Å²) in [6.45, 7) is 9.76. The van der Waals surface area contributed by atoms with Crippen LogP contribution in [0.2, 0.25) is 0 Å². The fraction of sp³-hybridized carbons (Fsp3) is 0.667. The van der Waals surface area contributed by atoms with Crippen LogP contribution in [0.4, 0.5) is 0 Å². The zero-order chi connectivity index (χ0) is 12.0. The number of thiophene rings is 1. The van der Waals surface area contributed by atoms with Crippen LogP contribution in [0.25, 0.3) is 0 Å². The monoisotopic (exact) mass is 304 g/mol. The average molecular weight is 305 g/mol. The SMILES string of the molecule is CC(C)CNCC(C)NCc1ccc(Br)s1. The van der Waals surface area contributed by atoms with Crippen molar-refractivity contribution in [2.24, 2.45) is 5.92 Å². The van der Waals surface area contributed by atoms with E-state index in [1.54, 1.807) is 11.3 Å². The molecule has 0 aliphatic heterocycles. The average Bonchev–Trinajstić information content (AvgIpc) is 2.61. The Morgan fingerprint density at radius 2 is 2.00 bits per heavy atom. The topological polar surface area (TPSA) is 24.1 Å². The predicted molar refractivity (Wildman–Crippen MR) is 76.0 cm³/mol. The molecular formula is C12H21BrN2S. The lowest BCUT2D eigenvalue weighted by Crippen LogP contribution is -2.37. The molecule has 0 fully saturated rings. The van der Waals surface area contributed by atoms with Crippen LogP contribution >= 0.6 is 27.3 Å². The summed E-state index contributed by atoms with van der Waals surface area (Å²) in [6, 6.07) is 4.78. The van der Waals surface area contributed by atoms with E-state index in [2.05, 4.69) is 59.5 Å². The van der Waals surface area contributed by atoms with Gasteiger partial charge in [0.05, 0.1) is 3.79 Å². The molecule has 1 unspecified atom stereocenters. The van der Waals surface area contributed by atoms with E-state index >= 15 is 0 Å². The third kappa shape index (κ3) is 5.99. The first kappa shape index (κ1) is 14.2. The number of hydrogen-bond acceptors (Lipinski definition) is 3. The highest BCUT2D eigenvalue weighted by Crippen LogP contribution is 2.21. The van der Waals surface area contributed by atoms with E-state index in [1.165, 1.54) is 8.66 Å². The Balaban J connectivity index is 2.12. The molecule has 2 nitrogen and oxygen atoms in total. The summed E-state index contributed by atoms with van der Waals surface area (Å²) in [7, 11) is 0. The molecule has 0 radical (unpaired) electrons. The molecule has 0 saturated carbocycles. The van der Waals surface area contributed by atoms with Gasteiger partial charge in [-0.05, 0) is 47.4 Å². The van der Waals surface area contributed by atoms with E-state index in [0.29, 0.717) is 6.04 Å². The van der Waals surface area contributed by atoms with E-state index in [4.69, 9.17) is 0 Å². The van der Waals surface area contributed by atoms with Crippen LogP contribution in [0.5, 0.6) is 0 Å². The van der Waals surface area contributed by atoms with E-state index in [0.717, 1.165) is 25.6 Å². The fourth-order valence-corrected chi connectivity index (χ4v) is 2.82. The van der Waals surface area contributed by atoms with Crippen LogP contribution in [-0.4, -0.2) is 19.1 Å². The molecule has 0 aliphatic carbocycles. The minimum Gasteiger partial charge on any atom is -0.315 e. The molecule has 0 bridgehead atoms. The molecule has 1 rings (SSSR count). The van der Waals surface area contributed by atoms with Crippen LogP contribution in [-0.2, 0) is 6.54 Å². The van der Waals surface area contributed by atoms with Gasteiger partial charge in [0.1, 0.15) is 0 Å². The highest BCUT2D eigenvalue weighted by Gasteiger charge is 2.03. The highest BCUT2D eigenvalue weighted by molar-refractivity contribution is 9.11. The smallest absolute Gasteiger partial charge is 0.0701 e. The second kappa shape index (κ2) is 7.43. The number of nitrogens with one attached hydrogen (secondary N) is 2. The Morgan fingerprint density at radius 3 is 2.56 bits per heavy atom. The van der Waals surface area contributed by atoms with E-state index < -0.39 is 0 Å². The first-order valence-corrected chi connectivity index (χ1v) is 7.37. The summed E-state index contributed by atoms with van der Waals surface area (Å²) >= 11 is 5.27.